The van der Waals surface area contributed by atoms with Crippen molar-refractivity contribution in [3.05, 3.63) is 90.0 Å². The van der Waals surface area contributed by atoms with Crippen molar-refractivity contribution in [3.8, 4) is 17.1 Å². The normalized spacial score (nSPS) is 11.8. The lowest BCUT2D eigenvalue weighted by Crippen LogP contribution is -2.22. The number of hydrogen-bond donors (Lipinski definition) is 0. The molecule has 0 saturated carbocycles. The number of benzene rings is 3. The Kier molecular flexibility index (Phi) is 6.59. The Morgan fingerprint density at radius 2 is 1.55 bits per heavy atom. The van der Waals surface area contributed by atoms with Crippen molar-refractivity contribution in [2.75, 3.05) is 14.1 Å². The minimum absolute atomic E-state index is 0.124. The summed E-state index contributed by atoms with van der Waals surface area (Å²) in [6.45, 7) is 0. The minimum atomic E-state index is -3.64. The SMILES string of the molecule is CN(C)S(=O)(=O)c1cccc(-c2nnc(SCc3ccc(F)cc3)n2-c2ccc(F)cc2)c1. The van der Waals surface area contributed by atoms with Gasteiger partial charge in [0.2, 0.25) is 10.0 Å². The summed E-state index contributed by atoms with van der Waals surface area (Å²) in [6.07, 6.45) is 0. The van der Waals surface area contributed by atoms with E-state index in [0.717, 1.165) is 9.87 Å². The van der Waals surface area contributed by atoms with Crippen LogP contribution in [-0.2, 0) is 15.8 Å². The topological polar surface area (TPSA) is 68.1 Å². The van der Waals surface area contributed by atoms with E-state index in [-0.39, 0.29) is 16.5 Å². The molecule has 0 atom stereocenters. The average Bonchev–Trinajstić information content (AvgIpc) is 3.23. The van der Waals surface area contributed by atoms with Gasteiger partial charge in [0.05, 0.1) is 4.90 Å². The zero-order valence-corrected chi connectivity index (χ0v) is 19.4. The summed E-state index contributed by atoms with van der Waals surface area (Å²) in [5, 5.41) is 9.14. The Morgan fingerprint density at radius 1 is 0.909 bits per heavy atom. The van der Waals surface area contributed by atoms with Crippen LogP contribution in [0.5, 0.6) is 0 Å². The van der Waals surface area contributed by atoms with E-state index in [1.165, 1.54) is 62.3 Å². The molecule has 1 aromatic heterocycles. The van der Waals surface area contributed by atoms with Crippen molar-refractivity contribution in [3.63, 3.8) is 0 Å². The molecule has 1 heterocycles. The molecule has 0 aliphatic carbocycles. The van der Waals surface area contributed by atoms with E-state index in [1.807, 2.05) is 0 Å². The first-order chi connectivity index (χ1) is 15.8. The predicted molar refractivity (Wildman–Crippen MR) is 124 cm³/mol. The van der Waals surface area contributed by atoms with Crippen molar-refractivity contribution < 1.29 is 17.2 Å². The molecule has 0 amide bonds. The molecule has 4 rings (SSSR count). The zero-order chi connectivity index (χ0) is 23.6. The van der Waals surface area contributed by atoms with E-state index in [2.05, 4.69) is 10.2 Å². The maximum absolute atomic E-state index is 13.6. The van der Waals surface area contributed by atoms with E-state index < -0.39 is 10.0 Å². The number of sulfonamides is 1. The van der Waals surface area contributed by atoms with Crippen molar-refractivity contribution >= 4 is 21.8 Å². The maximum atomic E-state index is 13.6. The van der Waals surface area contributed by atoms with Crippen LogP contribution >= 0.6 is 11.8 Å². The fourth-order valence-corrected chi connectivity index (χ4v) is 4.96. The lowest BCUT2D eigenvalue weighted by Gasteiger charge is -2.13. The highest BCUT2D eigenvalue weighted by atomic mass is 32.2. The van der Waals surface area contributed by atoms with Gasteiger partial charge in [-0.25, -0.2) is 21.5 Å². The second-order valence-electron chi connectivity index (χ2n) is 7.35. The third-order valence-electron chi connectivity index (χ3n) is 4.87. The van der Waals surface area contributed by atoms with Crippen molar-refractivity contribution in [2.24, 2.45) is 0 Å². The maximum Gasteiger partial charge on any atom is 0.242 e. The highest BCUT2D eigenvalue weighted by Gasteiger charge is 2.21. The Bertz CT molecular complexity index is 1370. The van der Waals surface area contributed by atoms with E-state index in [4.69, 9.17) is 0 Å². The lowest BCUT2D eigenvalue weighted by atomic mass is 10.2. The average molecular weight is 487 g/mol. The zero-order valence-electron chi connectivity index (χ0n) is 17.8. The molecule has 0 aliphatic rings. The van der Waals surface area contributed by atoms with Crippen molar-refractivity contribution in [2.45, 2.75) is 15.8 Å². The summed E-state index contributed by atoms with van der Waals surface area (Å²) in [7, 11) is -0.712. The molecule has 0 N–H and O–H groups in total. The molecule has 3 aromatic carbocycles. The third-order valence-corrected chi connectivity index (χ3v) is 7.68. The van der Waals surface area contributed by atoms with Crippen molar-refractivity contribution in [1.82, 2.24) is 19.1 Å². The van der Waals surface area contributed by atoms with Crippen LogP contribution in [0, 0.1) is 11.6 Å². The van der Waals surface area contributed by atoms with Gasteiger partial charge < -0.3 is 0 Å². The molecule has 0 spiro atoms. The second kappa shape index (κ2) is 9.42. The van der Waals surface area contributed by atoms with Gasteiger partial charge in [-0.1, -0.05) is 36.0 Å². The Balaban J connectivity index is 1.77. The first kappa shape index (κ1) is 23.1. The van der Waals surface area contributed by atoms with E-state index in [0.29, 0.717) is 28.0 Å². The molecule has 33 heavy (non-hydrogen) atoms. The van der Waals surface area contributed by atoms with Crippen LogP contribution in [0.2, 0.25) is 0 Å². The van der Waals surface area contributed by atoms with Crippen molar-refractivity contribution in [1.29, 1.82) is 0 Å². The monoisotopic (exact) mass is 486 g/mol. The molecule has 0 unspecified atom stereocenters. The van der Waals surface area contributed by atoms with Gasteiger partial charge in [-0.3, -0.25) is 4.57 Å². The molecule has 0 radical (unpaired) electrons. The number of halogens is 2. The fourth-order valence-electron chi connectivity index (χ4n) is 3.11. The lowest BCUT2D eigenvalue weighted by molar-refractivity contribution is 0.521. The summed E-state index contributed by atoms with van der Waals surface area (Å²) < 4.78 is 54.9. The summed E-state index contributed by atoms with van der Waals surface area (Å²) in [5.74, 6) is 0.231. The Labute approximate surface area is 194 Å². The predicted octanol–water partition coefficient (Wildman–Crippen LogP) is 4.76. The van der Waals surface area contributed by atoms with Gasteiger partial charge in [0.25, 0.3) is 0 Å². The van der Waals surface area contributed by atoms with Crippen LogP contribution in [0.4, 0.5) is 8.78 Å². The van der Waals surface area contributed by atoms with Crippen LogP contribution in [-0.4, -0.2) is 41.6 Å². The molecule has 0 aliphatic heterocycles. The number of thioether (sulfide) groups is 1. The van der Waals surface area contributed by atoms with Gasteiger partial charge in [-0.05, 0) is 54.1 Å². The molecule has 170 valence electrons. The number of hydrogen-bond acceptors (Lipinski definition) is 5. The smallest absolute Gasteiger partial charge is 0.242 e. The van der Waals surface area contributed by atoms with Crippen LogP contribution in [0.15, 0.2) is 82.8 Å². The van der Waals surface area contributed by atoms with Gasteiger partial charge in [0.15, 0.2) is 11.0 Å². The van der Waals surface area contributed by atoms with Gasteiger partial charge in [0.1, 0.15) is 11.6 Å². The summed E-state index contributed by atoms with van der Waals surface area (Å²) in [4.78, 5) is 0.124. The molecule has 10 heteroatoms. The Morgan fingerprint density at radius 3 is 2.18 bits per heavy atom. The standard InChI is InChI=1S/C23H20F2N4O2S2/c1-28(2)33(30,31)21-5-3-4-17(14-21)22-26-27-23(29(22)20-12-10-19(25)11-13-20)32-15-16-6-8-18(24)9-7-16/h3-14H,15H2,1-2H3. The van der Waals surface area contributed by atoms with Crippen LogP contribution in [0.3, 0.4) is 0 Å². The third kappa shape index (κ3) is 4.97. The molecular weight excluding hydrogens is 466 g/mol. The van der Waals surface area contributed by atoms with Crippen LogP contribution in [0.1, 0.15) is 5.56 Å². The van der Waals surface area contributed by atoms with Crippen LogP contribution < -0.4 is 0 Å². The number of aromatic nitrogens is 3. The highest BCUT2D eigenvalue weighted by Crippen LogP contribution is 2.31. The molecule has 0 bridgehead atoms. The van der Waals surface area contributed by atoms with Gasteiger partial charge in [-0.2, -0.15) is 0 Å². The highest BCUT2D eigenvalue weighted by molar-refractivity contribution is 7.98. The molecule has 4 aromatic rings. The molecule has 0 fully saturated rings. The van der Waals surface area contributed by atoms with E-state index >= 15 is 0 Å². The summed E-state index contributed by atoms with van der Waals surface area (Å²) in [6, 6.07) is 18.5. The van der Waals surface area contributed by atoms with Gasteiger partial charge in [0, 0.05) is 31.1 Å². The summed E-state index contributed by atoms with van der Waals surface area (Å²) >= 11 is 1.38. The van der Waals surface area contributed by atoms with Gasteiger partial charge >= 0.3 is 0 Å². The van der Waals surface area contributed by atoms with Gasteiger partial charge in [-0.15, -0.1) is 10.2 Å². The first-order valence-corrected chi connectivity index (χ1v) is 12.3. The summed E-state index contributed by atoms with van der Waals surface area (Å²) in [5.41, 5.74) is 2.07. The first-order valence-electron chi connectivity index (χ1n) is 9.87. The molecule has 6 nitrogen and oxygen atoms in total. The number of rotatable bonds is 7. The fraction of sp³-hybridized carbons (Fsp3) is 0.130. The van der Waals surface area contributed by atoms with E-state index in [1.54, 1.807) is 41.0 Å². The molecular formula is C23H20F2N4O2S2. The quantitative estimate of drug-likeness (QED) is 0.353. The van der Waals surface area contributed by atoms with Crippen LogP contribution in [0.25, 0.3) is 17.1 Å². The number of nitrogens with zero attached hydrogens (tertiary/aromatic N) is 4. The Hall–Kier alpha value is -3.08. The molecule has 0 saturated heterocycles. The minimum Gasteiger partial charge on any atom is -0.270 e. The largest absolute Gasteiger partial charge is 0.270 e. The van der Waals surface area contributed by atoms with E-state index in [9.17, 15) is 17.2 Å². The second-order valence-corrected chi connectivity index (χ2v) is 10.4.